The molecule has 0 bridgehead atoms. The first kappa shape index (κ1) is 23.6. The van der Waals surface area contributed by atoms with Crippen molar-refractivity contribution in [1.29, 1.82) is 0 Å². The maximum Gasteiger partial charge on any atom is 0.254 e. The summed E-state index contributed by atoms with van der Waals surface area (Å²) in [6.07, 6.45) is 2.54. The number of benzene rings is 3. The number of nitrogens with one attached hydrogen (secondary N) is 2. The van der Waals surface area contributed by atoms with Gasteiger partial charge in [0.25, 0.3) is 5.91 Å². The molecule has 2 N–H and O–H groups in total. The van der Waals surface area contributed by atoms with Crippen LogP contribution >= 0.6 is 0 Å². The van der Waals surface area contributed by atoms with E-state index in [4.69, 9.17) is 0 Å². The van der Waals surface area contributed by atoms with Crippen molar-refractivity contribution in [1.82, 2.24) is 15.5 Å². The fourth-order valence-electron chi connectivity index (χ4n) is 4.13. The second kappa shape index (κ2) is 11.0. The van der Waals surface area contributed by atoms with E-state index in [1.54, 1.807) is 0 Å². The van der Waals surface area contributed by atoms with Crippen LogP contribution in [0.3, 0.4) is 0 Å². The van der Waals surface area contributed by atoms with Crippen LogP contribution in [-0.4, -0.2) is 36.3 Å². The third kappa shape index (κ3) is 6.05. The van der Waals surface area contributed by atoms with Gasteiger partial charge < -0.3 is 10.6 Å². The van der Waals surface area contributed by atoms with Gasteiger partial charge in [-0.25, -0.2) is 8.78 Å². The van der Waals surface area contributed by atoms with Crippen molar-refractivity contribution in [2.24, 2.45) is 0 Å². The van der Waals surface area contributed by atoms with Gasteiger partial charge in [-0.2, -0.15) is 0 Å². The standard InChI is InChI=1S/C27H27F2N3O2/c28-22-11-12-24(25(29)15-22)27(34)31-17-26(33)30-16-21-5-1-2-6-23(21)20-9-7-19(8-10-20)18-32-13-3-4-14-32/h1-2,5-12,15H,3-4,13-14,16-18H2,(H,30,33)(H,31,34). The summed E-state index contributed by atoms with van der Waals surface area (Å²) in [5.41, 5.74) is 4.00. The predicted molar refractivity (Wildman–Crippen MR) is 127 cm³/mol. The molecule has 0 aromatic heterocycles. The van der Waals surface area contributed by atoms with Crippen molar-refractivity contribution in [2.45, 2.75) is 25.9 Å². The Bertz CT molecular complexity index is 1160. The van der Waals surface area contributed by atoms with E-state index in [1.165, 1.54) is 18.4 Å². The van der Waals surface area contributed by atoms with Crippen molar-refractivity contribution < 1.29 is 18.4 Å². The molecule has 5 nitrogen and oxygen atoms in total. The molecule has 3 aromatic rings. The van der Waals surface area contributed by atoms with E-state index in [1.807, 2.05) is 24.3 Å². The zero-order valence-electron chi connectivity index (χ0n) is 18.8. The lowest BCUT2D eigenvalue weighted by atomic mass is 9.98. The minimum Gasteiger partial charge on any atom is -0.350 e. The molecule has 4 rings (SSSR count). The highest BCUT2D eigenvalue weighted by Gasteiger charge is 2.14. The van der Waals surface area contributed by atoms with Gasteiger partial charge in [-0.3, -0.25) is 14.5 Å². The van der Waals surface area contributed by atoms with Crippen LogP contribution in [0.1, 0.15) is 34.3 Å². The molecule has 1 fully saturated rings. The summed E-state index contributed by atoms with van der Waals surface area (Å²) in [7, 11) is 0. The fourth-order valence-corrected chi connectivity index (χ4v) is 4.13. The Balaban J connectivity index is 1.33. The smallest absolute Gasteiger partial charge is 0.254 e. The highest BCUT2D eigenvalue weighted by Crippen LogP contribution is 2.25. The van der Waals surface area contributed by atoms with Crippen LogP contribution in [0.2, 0.25) is 0 Å². The molecule has 0 radical (unpaired) electrons. The van der Waals surface area contributed by atoms with Gasteiger partial charge in [-0.1, -0.05) is 48.5 Å². The molecule has 2 amide bonds. The first-order chi connectivity index (χ1) is 16.5. The Labute approximate surface area is 197 Å². The lowest BCUT2D eigenvalue weighted by Gasteiger charge is -2.15. The molecule has 0 saturated carbocycles. The second-order valence-corrected chi connectivity index (χ2v) is 8.42. The zero-order valence-corrected chi connectivity index (χ0v) is 18.8. The maximum atomic E-state index is 13.7. The molecule has 34 heavy (non-hydrogen) atoms. The van der Waals surface area contributed by atoms with Crippen LogP contribution in [0.4, 0.5) is 8.78 Å². The topological polar surface area (TPSA) is 61.4 Å². The molecule has 3 aromatic carbocycles. The van der Waals surface area contributed by atoms with E-state index in [-0.39, 0.29) is 18.7 Å². The molecule has 0 spiro atoms. The molecule has 7 heteroatoms. The normalized spacial score (nSPS) is 13.6. The summed E-state index contributed by atoms with van der Waals surface area (Å²) in [6, 6.07) is 19.0. The number of hydrogen-bond acceptors (Lipinski definition) is 3. The lowest BCUT2D eigenvalue weighted by Crippen LogP contribution is -2.37. The number of carbonyl (C=O) groups excluding carboxylic acids is 2. The second-order valence-electron chi connectivity index (χ2n) is 8.42. The first-order valence-electron chi connectivity index (χ1n) is 11.4. The number of likely N-dealkylation sites (tertiary alicyclic amines) is 1. The molecule has 0 unspecified atom stereocenters. The Morgan fingerprint density at radius 2 is 1.62 bits per heavy atom. The van der Waals surface area contributed by atoms with Crippen molar-refractivity contribution in [3.05, 3.63) is 95.1 Å². The van der Waals surface area contributed by atoms with E-state index in [0.29, 0.717) is 6.07 Å². The van der Waals surface area contributed by atoms with Crippen LogP contribution < -0.4 is 10.6 Å². The van der Waals surface area contributed by atoms with Gasteiger partial charge in [0.05, 0.1) is 12.1 Å². The summed E-state index contributed by atoms with van der Waals surface area (Å²) < 4.78 is 26.7. The third-order valence-electron chi connectivity index (χ3n) is 5.95. The van der Waals surface area contributed by atoms with Crippen LogP contribution in [0.5, 0.6) is 0 Å². The lowest BCUT2D eigenvalue weighted by molar-refractivity contribution is -0.120. The summed E-state index contributed by atoms with van der Waals surface area (Å²) >= 11 is 0. The van der Waals surface area contributed by atoms with E-state index < -0.39 is 23.4 Å². The molecular formula is C27H27F2N3O2. The van der Waals surface area contributed by atoms with Gasteiger partial charge in [0, 0.05) is 19.2 Å². The average Bonchev–Trinajstić information content (AvgIpc) is 3.35. The molecule has 1 heterocycles. The summed E-state index contributed by atoms with van der Waals surface area (Å²) in [6.45, 7) is 3.24. The summed E-state index contributed by atoms with van der Waals surface area (Å²) in [5, 5.41) is 5.15. The number of nitrogens with zero attached hydrogens (tertiary/aromatic N) is 1. The van der Waals surface area contributed by atoms with E-state index in [9.17, 15) is 18.4 Å². The Kier molecular flexibility index (Phi) is 7.65. The molecule has 1 aliphatic rings. The van der Waals surface area contributed by atoms with Gasteiger partial charge in [0.2, 0.25) is 5.91 Å². The van der Waals surface area contributed by atoms with Crippen molar-refractivity contribution in [3.63, 3.8) is 0 Å². The van der Waals surface area contributed by atoms with Crippen LogP contribution in [-0.2, 0) is 17.9 Å². The Morgan fingerprint density at radius 1 is 0.882 bits per heavy atom. The fraction of sp³-hybridized carbons (Fsp3) is 0.259. The van der Waals surface area contributed by atoms with Crippen LogP contribution in [0.15, 0.2) is 66.7 Å². The monoisotopic (exact) mass is 463 g/mol. The minimum absolute atomic E-state index is 0.283. The first-order valence-corrected chi connectivity index (χ1v) is 11.4. The number of rotatable bonds is 8. The number of carbonyl (C=O) groups is 2. The van der Waals surface area contributed by atoms with Gasteiger partial charge in [0.15, 0.2) is 0 Å². The Hall–Kier alpha value is -3.58. The van der Waals surface area contributed by atoms with Gasteiger partial charge in [-0.15, -0.1) is 0 Å². The summed E-state index contributed by atoms with van der Waals surface area (Å²) in [5.74, 6) is -2.93. The van der Waals surface area contributed by atoms with Crippen LogP contribution in [0, 0.1) is 11.6 Å². The van der Waals surface area contributed by atoms with E-state index >= 15 is 0 Å². The van der Waals surface area contributed by atoms with Gasteiger partial charge in [0.1, 0.15) is 11.6 Å². The quantitative estimate of drug-likeness (QED) is 0.525. The average molecular weight is 464 g/mol. The Morgan fingerprint density at radius 3 is 2.35 bits per heavy atom. The maximum absolute atomic E-state index is 13.7. The van der Waals surface area contributed by atoms with E-state index in [2.05, 4.69) is 39.8 Å². The number of halogens is 2. The molecule has 176 valence electrons. The van der Waals surface area contributed by atoms with Crippen molar-refractivity contribution in [2.75, 3.05) is 19.6 Å². The van der Waals surface area contributed by atoms with Gasteiger partial charge >= 0.3 is 0 Å². The molecule has 1 saturated heterocycles. The van der Waals surface area contributed by atoms with Gasteiger partial charge in [-0.05, 0) is 60.3 Å². The van der Waals surface area contributed by atoms with Crippen LogP contribution in [0.25, 0.3) is 11.1 Å². The zero-order chi connectivity index (χ0) is 23.9. The molecule has 1 aliphatic heterocycles. The number of hydrogen-bond donors (Lipinski definition) is 2. The largest absolute Gasteiger partial charge is 0.350 e. The van der Waals surface area contributed by atoms with E-state index in [0.717, 1.165) is 48.5 Å². The predicted octanol–water partition coefficient (Wildman–Crippen LogP) is 4.27. The highest BCUT2D eigenvalue weighted by atomic mass is 19.1. The number of amides is 2. The third-order valence-corrected chi connectivity index (χ3v) is 5.95. The van der Waals surface area contributed by atoms with Crippen molar-refractivity contribution in [3.8, 4) is 11.1 Å². The molecular weight excluding hydrogens is 436 g/mol. The molecule has 0 atom stereocenters. The van der Waals surface area contributed by atoms with Crippen molar-refractivity contribution >= 4 is 11.8 Å². The summed E-state index contributed by atoms with van der Waals surface area (Å²) in [4.78, 5) is 26.8. The molecule has 0 aliphatic carbocycles. The SMILES string of the molecule is O=C(CNC(=O)c1ccc(F)cc1F)NCc1ccccc1-c1ccc(CN2CCCC2)cc1. The highest BCUT2D eigenvalue weighted by molar-refractivity contribution is 5.96. The minimum atomic E-state index is -0.974.